The number of anilines is 1. The van der Waals surface area contributed by atoms with Crippen molar-refractivity contribution in [3.05, 3.63) is 71.9 Å². The molecule has 0 aliphatic carbocycles. The number of aromatic nitrogens is 2. The van der Waals surface area contributed by atoms with Crippen molar-refractivity contribution in [2.45, 2.75) is 38.8 Å². The van der Waals surface area contributed by atoms with E-state index < -0.39 is 0 Å². The average molecular weight is 546 g/mol. The second-order valence-electron chi connectivity index (χ2n) is 10.9. The molecule has 2 aliphatic rings. The quantitative estimate of drug-likeness (QED) is 0.198. The first kappa shape index (κ1) is 27.9. The number of H-pyrrole nitrogens is 1. The molecule has 212 valence electrons. The van der Waals surface area contributed by atoms with Gasteiger partial charge in [-0.25, -0.2) is 9.37 Å². The highest BCUT2D eigenvalue weighted by Crippen LogP contribution is 2.33. The number of nitrogens with two attached hydrogens (primary N) is 1. The van der Waals surface area contributed by atoms with Crippen LogP contribution in [-0.4, -0.2) is 82.4 Å². The lowest BCUT2D eigenvalue weighted by atomic mass is 10.0. The van der Waals surface area contributed by atoms with Gasteiger partial charge < -0.3 is 20.4 Å². The summed E-state index contributed by atoms with van der Waals surface area (Å²) in [6, 6.07) is 13.1. The molecule has 1 atom stereocenters. The Bertz CT molecular complexity index is 1330. The monoisotopic (exact) mass is 545 g/mol. The Hall–Kier alpha value is -3.69. The van der Waals surface area contributed by atoms with Crippen molar-refractivity contribution in [1.29, 1.82) is 5.41 Å². The molecule has 4 N–H and O–H groups in total. The van der Waals surface area contributed by atoms with E-state index in [1.165, 1.54) is 6.07 Å². The molecule has 9 heteroatoms. The first-order valence-corrected chi connectivity index (χ1v) is 14.2. The summed E-state index contributed by atoms with van der Waals surface area (Å²) in [5, 5.41) is 8.61. The number of imidazole rings is 1. The summed E-state index contributed by atoms with van der Waals surface area (Å²) >= 11 is 0. The SMILES string of the molecule is CC(C)N1CCN(CCOc2ccc(-c3cnc(/C=C\C(=N)N4CCCC4c4cccc(F)c4)[nH]3)cc2N)CC1. The Kier molecular flexibility index (Phi) is 8.81. The molecule has 0 saturated carbocycles. The van der Waals surface area contributed by atoms with Gasteiger partial charge in [-0.2, -0.15) is 0 Å². The van der Waals surface area contributed by atoms with Crippen LogP contribution in [0, 0.1) is 11.2 Å². The van der Waals surface area contributed by atoms with Gasteiger partial charge in [-0.05, 0) is 74.7 Å². The predicted octanol–water partition coefficient (Wildman–Crippen LogP) is 5.03. The Balaban J connectivity index is 1.14. The van der Waals surface area contributed by atoms with E-state index in [9.17, 15) is 4.39 Å². The molecule has 0 radical (unpaired) electrons. The number of likely N-dealkylation sites (tertiary alicyclic amines) is 1. The van der Waals surface area contributed by atoms with Crippen molar-refractivity contribution in [2.24, 2.45) is 0 Å². The van der Waals surface area contributed by atoms with E-state index in [2.05, 4.69) is 33.6 Å². The van der Waals surface area contributed by atoms with Gasteiger partial charge in [-0.3, -0.25) is 15.2 Å². The first-order chi connectivity index (χ1) is 19.4. The van der Waals surface area contributed by atoms with Gasteiger partial charge >= 0.3 is 0 Å². The number of ether oxygens (including phenoxy) is 1. The molecule has 5 rings (SSSR count). The fraction of sp³-hybridized carbons (Fsp3) is 0.419. The number of rotatable bonds is 9. The molecule has 0 bridgehead atoms. The number of nitrogens with zero attached hydrogens (tertiary/aromatic N) is 4. The van der Waals surface area contributed by atoms with Gasteiger partial charge in [-0.1, -0.05) is 12.1 Å². The zero-order valence-electron chi connectivity index (χ0n) is 23.4. The van der Waals surface area contributed by atoms with Gasteiger partial charge in [0.25, 0.3) is 0 Å². The van der Waals surface area contributed by atoms with Gasteiger partial charge in [0.05, 0.1) is 23.6 Å². The largest absolute Gasteiger partial charge is 0.490 e. The van der Waals surface area contributed by atoms with Crippen molar-refractivity contribution in [1.82, 2.24) is 24.7 Å². The van der Waals surface area contributed by atoms with Crippen molar-refractivity contribution in [2.75, 3.05) is 51.6 Å². The Morgan fingerprint density at radius 3 is 2.75 bits per heavy atom. The predicted molar refractivity (Wildman–Crippen MR) is 159 cm³/mol. The van der Waals surface area contributed by atoms with Crippen LogP contribution in [0.25, 0.3) is 17.3 Å². The Morgan fingerprint density at radius 1 is 1.18 bits per heavy atom. The van der Waals surface area contributed by atoms with Crippen molar-refractivity contribution >= 4 is 17.6 Å². The van der Waals surface area contributed by atoms with E-state index in [4.69, 9.17) is 15.9 Å². The van der Waals surface area contributed by atoms with Crippen LogP contribution in [0.1, 0.15) is 44.1 Å². The van der Waals surface area contributed by atoms with Crippen molar-refractivity contribution in [3.8, 4) is 17.0 Å². The van der Waals surface area contributed by atoms with Crippen LogP contribution in [0.4, 0.5) is 10.1 Å². The third-order valence-corrected chi connectivity index (χ3v) is 7.91. The lowest BCUT2D eigenvalue weighted by molar-refractivity contribution is 0.0972. The van der Waals surface area contributed by atoms with E-state index in [1.54, 1.807) is 30.5 Å². The van der Waals surface area contributed by atoms with Gasteiger partial charge in [0.15, 0.2) is 0 Å². The summed E-state index contributed by atoms with van der Waals surface area (Å²) in [7, 11) is 0. The van der Waals surface area contributed by atoms with E-state index in [0.29, 0.717) is 35.7 Å². The lowest BCUT2D eigenvalue weighted by Gasteiger charge is -2.36. The highest BCUT2D eigenvalue weighted by atomic mass is 19.1. The topological polar surface area (TPSA) is 97.5 Å². The second-order valence-corrected chi connectivity index (χ2v) is 10.9. The van der Waals surface area contributed by atoms with Gasteiger partial charge in [0, 0.05) is 50.9 Å². The molecule has 0 spiro atoms. The third kappa shape index (κ3) is 6.71. The molecule has 0 amide bonds. The number of aromatic amines is 1. The molecule has 8 nitrogen and oxygen atoms in total. The summed E-state index contributed by atoms with van der Waals surface area (Å²) in [6.07, 6.45) is 7.18. The highest BCUT2D eigenvalue weighted by Gasteiger charge is 2.27. The lowest BCUT2D eigenvalue weighted by Crippen LogP contribution is -2.49. The Labute approximate surface area is 236 Å². The van der Waals surface area contributed by atoms with Crippen LogP contribution >= 0.6 is 0 Å². The number of hydrogen-bond acceptors (Lipinski definition) is 6. The number of hydrogen-bond donors (Lipinski definition) is 3. The number of benzene rings is 2. The standard InChI is InChI=1S/C31H40FN7O/c1-22(2)38-15-13-37(14-16-38)17-18-40-29-9-8-23(20-26(29)33)27-21-35-31(36-27)11-10-30(34)39-12-4-7-28(39)24-5-3-6-25(32)19-24/h3,5-6,8-11,19-22,28,34H,4,7,12-18,33H2,1-2H3,(H,35,36)/b11-10-,34-30?. The maximum absolute atomic E-state index is 13.7. The molecular formula is C31H40FN7O. The minimum absolute atomic E-state index is 0.0128. The minimum Gasteiger partial charge on any atom is -0.490 e. The van der Waals surface area contributed by atoms with Crippen LogP contribution in [0.15, 0.2) is 54.7 Å². The summed E-state index contributed by atoms with van der Waals surface area (Å²) in [4.78, 5) is 14.7. The molecule has 2 saturated heterocycles. The van der Waals surface area contributed by atoms with E-state index >= 15 is 0 Å². The number of piperazine rings is 1. The highest BCUT2D eigenvalue weighted by molar-refractivity contribution is 5.94. The number of halogens is 1. The Morgan fingerprint density at radius 2 is 2.00 bits per heavy atom. The van der Waals surface area contributed by atoms with E-state index in [1.807, 2.05) is 29.2 Å². The normalized spacial score (nSPS) is 18.7. The van der Waals surface area contributed by atoms with Crippen molar-refractivity contribution < 1.29 is 9.13 Å². The van der Waals surface area contributed by atoms with Crippen LogP contribution in [0.5, 0.6) is 5.75 Å². The third-order valence-electron chi connectivity index (χ3n) is 7.91. The molecule has 2 fully saturated rings. The average Bonchev–Trinajstić information content (AvgIpc) is 3.63. The van der Waals surface area contributed by atoms with Crippen molar-refractivity contribution in [3.63, 3.8) is 0 Å². The van der Waals surface area contributed by atoms with Crippen LogP contribution in [-0.2, 0) is 0 Å². The number of nitrogen functional groups attached to an aromatic ring is 1. The molecule has 40 heavy (non-hydrogen) atoms. The van der Waals surface area contributed by atoms with E-state index in [0.717, 1.165) is 68.9 Å². The molecular weight excluding hydrogens is 505 g/mol. The van der Waals surface area contributed by atoms with Crippen LogP contribution < -0.4 is 10.5 Å². The molecule has 1 aromatic heterocycles. The summed E-state index contributed by atoms with van der Waals surface area (Å²) < 4.78 is 19.8. The first-order valence-electron chi connectivity index (χ1n) is 14.2. The summed E-state index contributed by atoms with van der Waals surface area (Å²) in [6.45, 7) is 11.1. The van der Waals surface area contributed by atoms with Gasteiger partial charge in [-0.15, -0.1) is 0 Å². The minimum atomic E-state index is -0.245. The zero-order valence-corrected chi connectivity index (χ0v) is 23.4. The summed E-state index contributed by atoms with van der Waals surface area (Å²) in [5.41, 5.74) is 9.58. The molecule has 3 heterocycles. The second kappa shape index (κ2) is 12.7. The van der Waals surface area contributed by atoms with Crippen LogP contribution in [0.2, 0.25) is 0 Å². The molecule has 3 aromatic rings. The fourth-order valence-electron chi connectivity index (χ4n) is 5.57. The number of amidine groups is 1. The fourth-order valence-corrected chi connectivity index (χ4v) is 5.57. The smallest absolute Gasteiger partial charge is 0.142 e. The van der Waals surface area contributed by atoms with Gasteiger partial charge in [0.2, 0.25) is 0 Å². The van der Waals surface area contributed by atoms with Crippen LogP contribution in [0.3, 0.4) is 0 Å². The van der Waals surface area contributed by atoms with Gasteiger partial charge in [0.1, 0.15) is 29.8 Å². The summed E-state index contributed by atoms with van der Waals surface area (Å²) in [5.74, 6) is 1.48. The number of nitrogens with one attached hydrogen (secondary N) is 2. The molecule has 2 aliphatic heterocycles. The molecule has 2 aromatic carbocycles. The molecule has 1 unspecified atom stereocenters. The zero-order chi connectivity index (χ0) is 28.1. The maximum atomic E-state index is 13.7. The van der Waals surface area contributed by atoms with E-state index in [-0.39, 0.29) is 11.9 Å². The maximum Gasteiger partial charge on any atom is 0.142 e.